The lowest BCUT2D eigenvalue weighted by Crippen LogP contribution is -2.42. The lowest BCUT2D eigenvalue weighted by atomic mass is 9.96. The number of furan rings is 1. The Bertz CT molecular complexity index is 1430. The predicted molar refractivity (Wildman–Crippen MR) is 145 cm³/mol. The molecule has 224 valence electrons. The van der Waals surface area contributed by atoms with Gasteiger partial charge in [-0.15, -0.1) is 0 Å². The van der Waals surface area contributed by atoms with Crippen molar-refractivity contribution in [1.29, 1.82) is 0 Å². The summed E-state index contributed by atoms with van der Waals surface area (Å²) >= 11 is 0. The molecule has 0 bridgehead atoms. The van der Waals surface area contributed by atoms with Crippen molar-refractivity contribution in [3.05, 3.63) is 90.4 Å². The molecular formula is C28H32FN5O8. The zero-order valence-corrected chi connectivity index (χ0v) is 22.8. The second-order valence-electron chi connectivity index (χ2n) is 9.62. The molecule has 4 N–H and O–H groups in total. The number of aryl methyl sites for hydroxylation is 2. The summed E-state index contributed by atoms with van der Waals surface area (Å²) in [5, 5.41) is 38.2. The summed E-state index contributed by atoms with van der Waals surface area (Å²) in [4.78, 5) is 36.9. The fourth-order valence-electron chi connectivity index (χ4n) is 4.05. The van der Waals surface area contributed by atoms with E-state index < -0.39 is 36.4 Å². The van der Waals surface area contributed by atoms with Crippen LogP contribution in [0.25, 0.3) is 5.69 Å². The van der Waals surface area contributed by atoms with Crippen molar-refractivity contribution in [2.24, 2.45) is 0 Å². The molecule has 0 unspecified atom stereocenters. The first-order valence-corrected chi connectivity index (χ1v) is 12.9. The van der Waals surface area contributed by atoms with Gasteiger partial charge in [-0.3, -0.25) is 14.5 Å². The van der Waals surface area contributed by atoms with E-state index in [-0.39, 0.29) is 5.82 Å². The molecule has 0 saturated carbocycles. The predicted octanol–water partition coefficient (Wildman–Crippen LogP) is 2.95. The molecule has 0 fully saturated rings. The maximum absolute atomic E-state index is 13.2. The smallest absolute Gasteiger partial charge is 0.336 e. The van der Waals surface area contributed by atoms with Gasteiger partial charge in [0.15, 0.2) is 5.60 Å². The third kappa shape index (κ3) is 9.98. The van der Waals surface area contributed by atoms with E-state index >= 15 is 0 Å². The van der Waals surface area contributed by atoms with Crippen molar-refractivity contribution < 1.29 is 43.6 Å². The van der Waals surface area contributed by atoms with Gasteiger partial charge in [0, 0.05) is 43.8 Å². The van der Waals surface area contributed by atoms with Crippen LogP contribution in [0.15, 0.2) is 71.9 Å². The fourth-order valence-corrected chi connectivity index (χ4v) is 4.05. The lowest BCUT2D eigenvalue weighted by molar-refractivity contribution is -0.170. The number of hydrogen-bond donors (Lipinski definition) is 4. The van der Waals surface area contributed by atoms with Gasteiger partial charge >= 0.3 is 17.9 Å². The van der Waals surface area contributed by atoms with E-state index in [1.54, 1.807) is 23.0 Å². The molecule has 14 heteroatoms. The van der Waals surface area contributed by atoms with E-state index in [2.05, 4.69) is 19.5 Å². The molecule has 0 atom stereocenters. The Morgan fingerprint density at radius 3 is 2.26 bits per heavy atom. The summed E-state index contributed by atoms with van der Waals surface area (Å²) in [5.74, 6) is -3.40. The number of hydrogen-bond acceptors (Lipinski definition) is 8. The summed E-state index contributed by atoms with van der Waals surface area (Å²) in [5.41, 5.74) is -0.802. The number of imidazole rings is 1. The van der Waals surface area contributed by atoms with Crippen LogP contribution in [0.2, 0.25) is 0 Å². The Morgan fingerprint density at radius 2 is 1.71 bits per heavy atom. The average Bonchev–Trinajstić information content (AvgIpc) is 3.67. The van der Waals surface area contributed by atoms with Gasteiger partial charge in [0.2, 0.25) is 0 Å². The van der Waals surface area contributed by atoms with Crippen molar-refractivity contribution in [2.45, 2.75) is 51.4 Å². The number of nitrogens with zero attached hydrogens (tertiary/aromatic N) is 5. The van der Waals surface area contributed by atoms with Crippen LogP contribution in [0.5, 0.6) is 0 Å². The number of benzene rings is 1. The van der Waals surface area contributed by atoms with Gasteiger partial charge in [-0.05, 0) is 49.7 Å². The molecule has 3 aromatic heterocycles. The van der Waals surface area contributed by atoms with Crippen LogP contribution in [0.1, 0.15) is 36.3 Å². The molecular weight excluding hydrogens is 553 g/mol. The molecule has 4 aromatic rings. The minimum absolute atomic E-state index is 0.251. The molecule has 0 aliphatic carbocycles. The van der Waals surface area contributed by atoms with Crippen molar-refractivity contribution in [2.75, 3.05) is 6.54 Å². The van der Waals surface area contributed by atoms with Gasteiger partial charge in [0.1, 0.15) is 17.3 Å². The largest absolute Gasteiger partial charge is 0.481 e. The molecule has 0 aliphatic heterocycles. The number of halogens is 1. The number of rotatable bonds is 14. The zero-order valence-electron chi connectivity index (χ0n) is 22.8. The Morgan fingerprint density at radius 1 is 1.02 bits per heavy atom. The van der Waals surface area contributed by atoms with Crippen LogP contribution in [-0.2, 0) is 34.0 Å². The Balaban J connectivity index is 0.000000316. The standard InChI is InChI=1S/C22H24FN5O.C6H8O7/c1-18-3-8-22(29-18)16-27(11-2-10-26-12-9-24-17-26)14-19-13-25-28(15-19)21-6-4-20(23)5-7-21;7-3(8)1-6(13,5(11)12)2-4(9)10/h3-9,12-13,15,17H,2,10-11,14,16H2,1H3;13H,1-2H2,(H,7,8)(H,9,10)(H,11,12). The van der Waals surface area contributed by atoms with E-state index in [1.165, 1.54) is 12.1 Å². The van der Waals surface area contributed by atoms with E-state index in [4.69, 9.17) is 24.8 Å². The summed E-state index contributed by atoms with van der Waals surface area (Å²) in [6.07, 6.45) is 8.18. The van der Waals surface area contributed by atoms with Gasteiger partial charge in [-0.1, -0.05) is 0 Å². The van der Waals surface area contributed by atoms with Gasteiger partial charge in [0.25, 0.3) is 0 Å². The number of carboxylic acids is 3. The highest BCUT2D eigenvalue weighted by Crippen LogP contribution is 2.17. The minimum atomic E-state index is -2.74. The summed E-state index contributed by atoms with van der Waals surface area (Å²) in [6.45, 7) is 5.28. The Hall–Kier alpha value is -4.82. The van der Waals surface area contributed by atoms with Crippen molar-refractivity contribution in [3.8, 4) is 5.69 Å². The molecule has 4 rings (SSSR count). The number of carbonyl (C=O) groups is 3. The number of aromatic nitrogens is 4. The quantitative estimate of drug-likeness (QED) is 0.171. The molecule has 42 heavy (non-hydrogen) atoms. The number of aliphatic carboxylic acids is 3. The summed E-state index contributed by atoms with van der Waals surface area (Å²) in [7, 11) is 0. The first-order chi connectivity index (χ1) is 19.9. The van der Waals surface area contributed by atoms with E-state index in [9.17, 15) is 18.8 Å². The topological polar surface area (TPSA) is 184 Å². The first-order valence-electron chi connectivity index (χ1n) is 12.9. The first kappa shape index (κ1) is 31.7. The molecule has 3 heterocycles. The molecule has 13 nitrogen and oxygen atoms in total. The highest BCUT2D eigenvalue weighted by molar-refractivity contribution is 5.88. The maximum Gasteiger partial charge on any atom is 0.336 e. The summed E-state index contributed by atoms with van der Waals surface area (Å²) in [6, 6.07) is 10.4. The Kier molecular flexibility index (Phi) is 11.1. The van der Waals surface area contributed by atoms with Gasteiger partial charge in [-0.2, -0.15) is 5.10 Å². The van der Waals surface area contributed by atoms with Crippen LogP contribution in [0.4, 0.5) is 4.39 Å². The van der Waals surface area contributed by atoms with Crippen LogP contribution in [-0.4, -0.2) is 74.7 Å². The van der Waals surface area contributed by atoms with Crippen LogP contribution >= 0.6 is 0 Å². The number of aliphatic hydroxyl groups is 1. The average molecular weight is 586 g/mol. The van der Waals surface area contributed by atoms with Crippen molar-refractivity contribution >= 4 is 17.9 Å². The third-order valence-electron chi connectivity index (χ3n) is 6.04. The lowest BCUT2D eigenvalue weighted by Gasteiger charge is -2.20. The van der Waals surface area contributed by atoms with Crippen LogP contribution in [0, 0.1) is 12.7 Å². The molecule has 0 aliphatic rings. The minimum Gasteiger partial charge on any atom is -0.481 e. The van der Waals surface area contributed by atoms with E-state index in [1.807, 2.05) is 44.0 Å². The van der Waals surface area contributed by atoms with Crippen LogP contribution in [0.3, 0.4) is 0 Å². The second kappa shape index (κ2) is 14.7. The highest BCUT2D eigenvalue weighted by atomic mass is 19.1. The van der Waals surface area contributed by atoms with E-state index in [0.717, 1.165) is 55.4 Å². The molecule has 1 aromatic carbocycles. The molecule has 0 spiro atoms. The molecule has 0 saturated heterocycles. The van der Waals surface area contributed by atoms with E-state index in [0.29, 0.717) is 0 Å². The second-order valence-corrected chi connectivity index (χ2v) is 9.62. The fraction of sp³-hybridized carbons (Fsp3) is 0.321. The maximum atomic E-state index is 13.2. The van der Waals surface area contributed by atoms with Gasteiger partial charge in [0.05, 0.1) is 37.6 Å². The Labute approximate surface area is 240 Å². The van der Waals surface area contributed by atoms with Gasteiger partial charge < -0.3 is 29.4 Å². The van der Waals surface area contributed by atoms with Crippen LogP contribution < -0.4 is 0 Å². The van der Waals surface area contributed by atoms with Crippen molar-refractivity contribution in [3.63, 3.8) is 0 Å². The zero-order chi connectivity index (χ0) is 30.7. The summed E-state index contributed by atoms with van der Waals surface area (Å²) < 4.78 is 22.8. The molecule has 0 amide bonds. The van der Waals surface area contributed by atoms with Crippen molar-refractivity contribution in [1.82, 2.24) is 24.2 Å². The third-order valence-corrected chi connectivity index (χ3v) is 6.04. The SMILES string of the molecule is Cc1ccc(CN(CCCn2ccnc2)Cc2cnn(-c3ccc(F)cc3)c2)o1.O=C(O)CC(O)(CC(=O)O)C(=O)O. The normalized spacial score (nSPS) is 11.2. The monoisotopic (exact) mass is 585 g/mol. The molecule has 0 radical (unpaired) electrons. The highest BCUT2D eigenvalue weighted by Gasteiger charge is 2.40. The number of carboxylic acid groups (broad SMARTS) is 3. The van der Waals surface area contributed by atoms with Gasteiger partial charge in [-0.25, -0.2) is 18.9 Å².